The average Bonchev–Trinajstić information content (AvgIpc) is 2.03. The van der Waals surface area contributed by atoms with Gasteiger partial charge in [-0.3, -0.25) is 0 Å². The Morgan fingerprint density at radius 2 is 2.00 bits per heavy atom. The molecule has 1 unspecified atom stereocenters. The molecule has 0 spiro atoms. The SMILES string of the molecule is CSc1ccc(OP(O)(=S)S)cc1. The van der Waals surface area contributed by atoms with E-state index in [-0.39, 0.29) is 0 Å². The maximum absolute atomic E-state index is 9.16. The predicted molar refractivity (Wildman–Crippen MR) is 64.3 cm³/mol. The second-order valence-electron chi connectivity index (χ2n) is 2.26. The van der Waals surface area contributed by atoms with E-state index in [1.807, 2.05) is 18.4 Å². The Kier molecular flexibility index (Phi) is 4.13. The van der Waals surface area contributed by atoms with Crippen LogP contribution in [0, 0.1) is 0 Å². The standard InChI is InChI=1S/C7H9O2PS3/c1-13-7-4-2-6(3-5-7)9-10(8,11)12/h2-5H,1H3,(H2,8,11,12). The Morgan fingerprint density at radius 3 is 2.38 bits per heavy atom. The van der Waals surface area contributed by atoms with Crippen molar-refractivity contribution in [2.24, 2.45) is 0 Å². The molecule has 0 amide bonds. The molecule has 0 saturated carbocycles. The van der Waals surface area contributed by atoms with Gasteiger partial charge in [-0.1, -0.05) is 12.2 Å². The van der Waals surface area contributed by atoms with Crippen LogP contribution >= 0.6 is 29.7 Å². The molecule has 0 aliphatic carbocycles. The number of hydrogen-bond acceptors (Lipinski definition) is 3. The highest BCUT2D eigenvalue weighted by Crippen LogP contribution is 2.47. The first-order chi connectivity index (χ1) is 6.01. The van der Waals surface area contributed by atoms with Gasteiger partial charge in [0.05, 0.1) is 0 Å². The van der Waals surface area contributed by atoms with Gasteiger partial charge in [0, 0.05) is 4.90 Å². The van der Waals surface area contributed by atoms with E-state index in [1.165, 1.54) is 0 Å². The second-order valence-corrected chi connectivity index (χ2v) is 8.22. The predicted octanol–water partition coefficient (Wildman–Crippen LogP) is 2.93. The summed E-state index contributed by atoms with van der Waals surface area (Å²) < 4.78 is 5.04. The summed E-state index contributed by atoms with van der Waals surface area (Å²) in [6.07, 6.45) is 1.99. The largest absolute Gasteiger partial charge is 0.436 e. The van der Waals surface area contributed by atoms with E-state index < -0.39 is 5.69 Å². The smallest absolute Gasteiger partial charge is 0.291 e. The Labute approximate surface area is 92.0 Å². The van der Waals surface area contributed by atoms with Crippen LogP contribution in [0.25, 0.3) is 0 Å². The maximum Gasteiger partial charge on any atom is 0.291 e. The van der Waals surface area contributed by atoms with Crippen molar-refractivity contribution in [3.05, 3.63) is 24.3 Å². The third kappa shape index (κ3) is 4.38. The lowest BCUT2D eigenvalue weighted by Gasteiger charge is -2.10. The first-order valence-electron chi connectivity index (χ1n) is 3.40. The minimum absolute atomic E-state index is 0.554. The topological polar surface area (TPSA) is 29.5 Å². The van der Waals surface area contributed by atoms with Crippen LogP contribution in [0.5, 0.6) is 5.75 Å². The van der Waals surface area contributed by atoms with Crippen molar-refractivity contribution in [3.63, 3.8) is 0 Å². The molecule has 0 heterocycles. The minimum atomic E-state index is -2.89. The Hall–Kier alpha value is 0.330. The highest BCUT2D eigenvalue weighted by atomic mass is 32.9. The molecule has 6 heteroatoms. The van der Waals surface area contributed by atoms with Gasteiger partial charge in [-0.2, -0.15) is 0 Å². The molecule has 1 N–H and O–H groups in total. The Balaban J connectivity index is 2.76. The fourth-order valence-electron chi connectivity index (χ4n) is 0.774. The minimum Gasteiger partial charge on any atom is -0.436 e. The molecule has 72 valence electrons. The maximum atomic E-state index is 9.16. The number of rotatable bonds is 3. The third-order valence-electron chi connectivity index (χ3n) is 1.28. The molecular formula is C7H9O2PS3. The van der Waals surface area contributed by atoms with Gasteiger partial charge in [-0.05, 0) is 42.3 Å². The number of hydrogen-bond donors (Lipinski definition) is 2. The average molecular weight is 252 g/mol. The monoisotopic (exact) mass is 252 g/mol. The first-order valence-corrected chi connectivity index (χ1v) is 8.45. The zero-order valence-corrected chi connectivity index (χ0v) is 10.3. The lowest BCUT2D eigenvalue weighted by Crippen LogP contribution is -1.84. The van der Waals surface area contributed by atoms with Gasteiger partial charge in [0.1, 0.15) is 5.75 Å². The van der Waals surface area contributed by atoms with Crippen LogP contribution in [0.15, 0.2) is 29.2 Å². The van der Waals surface area contributed by atoms with E-state index in [2.05, 4.69) is 24.1 Å². The summed E-state index contributed by atoms with van der Waals surface area (Å²) in [5.41, 5.74) is -2.89. The van der Waals surface area contributed by atoms with Crippen molar-refractivity contribution in [3.8, 4) is 5.75 Å². The van der Waals surface area contributed by atoms with Gasteiger partial charge in [-0.25, -0.2) is 0 Å². The molecule has 1 rings (SSSR count). The molecule has 13 heavy (non-hydrogen) atoms. The molecule has 0 aliphatic rings. The van der Waals surface area contributed by atoms with Crippen LogP contribution < -0.4 is 4.52 Å². The second kappa shape index (κ2) is 4.71. The summed E-state index contributed by atoms with van der Waals surface area (Å²) in [6.45, 7) is 0. The van der Waals surface area contributed by atoms with Crippen molar-refractivity contribution < 1.29 is 9.42 Å². The summed E-state index contributed by atoms with van der Waals surface area (Å²) in [4.78, 5) is 10.3. The van der Waals surface area contributed by atoms with Crippen LogP contribution in [-0.4, -0.2) is 11.1 Å². The van der Waals surface area contributed by atoms with Crippen molar-refractivity contribution in [1.29, 1.82) is 0 Å². The summed E-state index contributed by atoms with van der Waals surface area (Å²) in [5, 5.41) is 0. The van der Waals surface area contributed by atoms with Gasteiger partial charge in [-0.15, -0.1) is 11.8 Å². The van der Waals surface area contributed by atoms with E-state index in [4.69, 9.17) is 9.42 Å². The highest BCUT2D eigenvalue weighted by molar-refractivity contribution is 8.59. The summed E-state index contributed by atoms with van der Waals surface area (Å²) in [6, 6.07) is 7.33. The van der Waals surface area contributed by atoms with Crippen LogP contribution in [0.4, 0.5) is 0 Å². The molecule has 0 radical (unpaired) electrons. The molecule has 1 aromatic rings. The molecule has 0 fully saturated rings. The molecule has 0 bridgehead atoms. The number of benzene rings is 1. The van der Waals surface area contributed by atoms with Crippen molar-refractivity contribution in [2.75, 3.05) is 6.26 Å². The summed E-state index contributed by atoms with van der Waals surface area (Å²) in [5.74, 6) is 0.554. The van der Waals surface area contributed by atoms with Gasteiger partial charge < -0.3 is 9.42 Å². The first kappa shape index (κ1) is 11.4. The molecular weight excluding hydrogens is 243 g/mol. The molecule has 1 aromatic carbocycles. The van der Waals surface area contributed by atoms with Gasteiger partial charge in [0.2, 0.25) is 0 Å². The van der Waals surface area contributed by atoms with Crippen LogP contribution in [0.1, 0.15) is 0 Å². The lowest BCUT2D eigenvalue weighted by molar-refractivity contribution is 0.505. The zero-order valence-electron chi connectivity index (χ0n) is 6.88. The summed E-state index contributed by atoms with van der Waals surface area (Å²) >= 11 is 10.0. The van der Waals surface area contributed by atoms with Gasteiger partial charge in [0.15, 0.2) is 0 Å². The molecule has 2 nitrogen and oxygen atoms in total. The molecule has 1 atom stereocenters. The van der Waals surface area contributed by atoms with Crippen LogP contribution in [0.3, 0.4) is 0 Å². The van der Waals surface area contributed by atoms with Crippen LogP contribution in [-0.2, 0) is 11.8 Å². The van der Waals surface area contributed by atoms with E-state index in [0.717, 1.165) is 4.90 Å². The van der Waals surface area contributed by atoms with E-state index in [1.54, 1.807) is 23.9 Å². The van der Waals surface area contributed by atoms with Crippen LogP contribution in [0.2, 0.25) is 0 Å². The summed E-state index contributed by atoms with van der Waals surface area (Å²) in [7, 11) is 0. The fourth-order valence-corrected chi connectivity index (χ4v) is 2.12. The Bertz CT molecular complexity index is 319. The fraction of sp³-hybridized carbons (Fsp3) is 0.143. The Morgan fingerprint density at radius 1 is 1.46 bits per heavy atom. The van der Waals surface area contributed by atoms with Crippen molar-refractivity contribution >= 4 is 41.5 Å². The van der Waals surface area contributed by atoms with E-state index in [0.29, 0.717) is 5.75 Å². The highest BCUT2D eigenvalue weighted by Gasteiger charge is 2.07. The lowest BCUT2D eigenvalue weighted by atomic mass is 10.3. The molecule has 0 saturated heterocycles. The van der Waals surface area contributed by atoms with E-state index in [9.17, 15) is 0 Å². The molecule has 0 aromatic heterocycles. The van der Waals surface area contributed by atoms with Crippen molar-refractivity contribution in [2.45, 2.75) is 4.90 Å². The normalized spacial score (nSPS) is 15.0. The van der Waals surface area contributed by atoms with Crippen molar-refractivity contribution in [1.82, 2.24) is 0 Å². The van der Waals surface area contributed by atoms with Gasteiger partial charge in [0.25, 0.3) is 5.69 Å². The molecule has 0 aliphatic heterocycles. The number of thioether (sulfide) groups is 1. The number of thiol groups is 1. The van der Waals surface area contributed by atoms with E-state index >= 15 is 0 Å². The van der Waals surface area contributed by atoms with Gasteiger partial charge >= 0.3 is 0 Å². The third-order valence-corrected chi connectivity index (χ3v) is 2.94. The zero-order chi connectivity index (χ0) is 9.90. The quantitative estimate of drug-likeness (QED) is 0.492.